The Morgan fingerprint density at radius 3 is 2.75 bits per heavy atom. The monoisotopic (exact) mass is 298 g/mol. The van der Waals surface area contributed by atoms with Gasteiger partial charge in [-0.15, -0.1) is 0 Å². The Balaban J connectivity index is 2.03. The maximum atomic E-state index is 13.0. The topological polar surface area (TPSA) is 81.2 Å². The minimum absolute atomic E-state index is 0.292. The molecule has 0 spiro atoms. The summed E-state index contributed by atoms with van der Waals surface area (Å²) in [5, 5.41) is 0.292. The van der Waals surface area contributed by atoms with Crippen LogP contribution in [-0.4, -0.2) is 40.9 Å². The second-order valence-electron chi connectivity index (χ2n) is 5.93. The van der Waals surface area contributed by atoms with Crippen molar-refractivity contribution in [3.05, 3.63) is 12.5 Å². The van der Waals surface area contributed by atoms with Crippen molar-refractivity contribution in [2.45, 2.75) is 49.7 Å². The van der Waals surface area contributed by atoms with Crippen LogP contribution in [-0.2, 0) is 16.6 Å². The molecule has 3 aliphatic rings. The first-order valence-corrected chi connectivity index (χ1v) is 8.70. The summed E-state index contributed by atoms with van der Waals surface area (Å²) < 4.78 is 29.3. The van der Waals surface area contributed by atoms with Crippen LogP contribution < -0.4 is 5.73 Å². The molecule has 3 fully saturated rings. The van der Waals surface area contributed by atoms with E-state index in [-0.39, 0.29) is 5.54 Å². The molecule has 0 aromatic carbocycles. The third-order valence-corrected chi connectivity index (χ3v) is 6.92. The molecule has 1 aromatic rings. The lowest BCUT2D eigenvalue weighted by Crippen LogP contribution is -2.63. The summed E-state index contributed by atoms with van der Waals surface area (Å²) in [5.41, 5.74) is 5.58. The minimum atomic E-state index is -3.51. The second-order valence-corrected chi connectivity index (χ2v) is 7.74. The number of imidazole rings is 1. The lowest BCUT2D eigenvalue weighted by molar-refractivity contribution is 0.0351. The van der Waals surface area contributed by atoms with Crippen molar-refractivity contribution in [1.29, 1.82) is 0 Å². The van der Waals surface area contributed by atoms with E-state index in [1.165, 1.54) is 6.20 Å². The summed E-state index contributed by atoms with van der Waals surface area (Å²) in [6.45, 7) is 3.52. The molecule has 0 amide bonds. The van der Waals surface area contributed by atoms with E-state index in [9.17, 15) is 8.42 Å². The molecule has 2 N–H and O–H groups in total. The van der Waals surface area contributed by atoms with E-state index in [2.05, 4.69) is 4.98 Å². The smallest absolute Gasteiger partial charge is 0.260 e. The number of hydrogen-bond acceptors (Lipinski definition) is 4. The number of fused-ring (bicyclic) bond motifs is 3. The van der Waals surface area contributed by atoms with Crippen LogP contribution in [0.3, 0.4) is 0 Å². The Hall–Kier alpha value is -0.920. The fourth-order valence-corrected chi connectivity index (χ4v) is 5.67. The van der Waals surface area contributed by atoms with E-state index in [1.807, 2.05) is 6.92 Å². The molecule has 112 valence electrons. The maximum Gasteiger partial charge on any atom is 0.260 e. The Morgan fingerprint density at radius 2 is 2.15 bits per heavy atom. The molecular formula is C13H22N4O2S. The predicted octanol–water partition coefficient (Wildman–Crippen LogP) is 0.795. The van der Waals surface area contributed by atoms with E-state index in [4.69, 9.17) is 5.73 Å². The van der Waals surface area contributed by atoms with Gasteiger partial charge in [-0.3, -0.25) is 0 Å². The lowest BCUT2D eigenvalue weighted by atomic mass is 9.72. The van der Waals surface area contributed by atoms with Gasteiger partial charge in [0.15, 0.2) is 5.03 Å². The van der Waals surface area contributed by atoms with Gasteiger partial charge in [0, 0.05) is 25.2 Å². The number of hydrogen-bond donors (Lipinski definition) is 1. The van der Waals surface area contributed by atoms with Crippen molar-refractivity contribution in [3.63, 3.8) is 0 Å². The van der Waals surface area contributed by atoms with E-state index in [0.717, 1.165) is 25.7 Å². The van der Waals surface area contributed by atoms with Gasteiger partial charge in [0.1, 0.15) is 0 Å². The molecular weight excluding hydrogens is 276 g/mol. The summed E-state index contributed by atoms with van der Waals surface area (Å²) in [7, 11) is -3.51. The lowest BCUT2D eigenvalue weighted by Gasteiger charge is -2.53. The van der Waals surface area contributed by atoms with Crippen molar-refractivity contribution >= 4 is 10.0 Å². The van der Waals surface area contributed by atoms with E-state index in [1.54, 1.807) is 15.2 Å². The second kappa shape index (κ2) is 4.82. The highest BCUT2D eigenvalue weighted by Gasteiger charge is 2.51. The maximum absolute atomic E-state index is 13.0. The molecule has 20 heavy (non-hydrogen) atoms. The Morgan fingerprint density at radius 1 is 1.45 bits per heavy atom. The molecule has 2 aliphatic heterocycles. The minimum Gasteiger partial charge on any atom is -0.329 e. The molecule has 1 saturated carbocycles. The highest BCUT2D eigenvalue weighted by molar-refractivity contribution is 7.89. The number of nitrogens with two attached hydrogens (primary N) is 1. The normalized spacial score (nSPS) is 30.8. The van der Waals surface area contributed by atoms with Gasteiger partial charge in [-0.05, 0) is 38.5 Å². The number of aromatic nitrogens is 2. The van der Waals surface area contributed by atoms with Gasteiger partial charge in [0.05, 0.1) is 12.5 Å². The number of nitrogens with zero attached hydrogens (tertiary/aromatic N) is 3. The van der Waals surface area contributed by atoms with Crippen molar-refractivity contribution < 1.29 is 8.42 Å². The molecule has 6 nitrogen and oxygen atoms in total. The van der Waals surface area contributed by atoms with Gasteiger partial charge >= 0.3 is 0 Å². The van der Waals surface area contributed by atoms with Crippen LogP contribution in [0, 0.1) is 5.92 Å². The summed E-state index contributed by atoms with van der Waals surface area (Å²) in [6, 6.07) is 0. The summed E-state index contributed by atoms with van der Waals surface area (Å²) in [6.07, 6.45) is 6.98. The quantitative estimate of drug-likeness (QED) is 0.891. The third-order valence-electron chi connectivity index (χ3n) is 4.94. The van der Waals surface area contributed by atoms with Crippen LogP contribution in [0.1, 0.15) is 32.6 Å². The van der Waals surface area contributed by atoms with Gasteiger partial charge in [-0.2, -0.15) is 4.31 Å². The molecule has 0 radical (unpaired) electrons. The largest absolute Gasteiger partial charge is 0.329 e. The summed E-state index contributed by atoms with van der Waals surface area (Å²) >= 11 is 0. The van der Waals surface area contributed by atoms with E-state index >= 15 is 0 Å². The standard InChI is InChI=1S/C13H22N4O2S/c1-2-16-10-15-7-12(16)20(18,19)17-8-11-3-5-13(17,9-14)6-4-11/h7,10-11H,2-6,8-9,14H2,1H3. The van der Waals surface area contributed by atoms with Crippen LogP contribution in [0.15, 0.2) is 17.6 Å². The Kier molecular flexibility index (Phi) is 3.38. The molecule has 3 heterocycles. The third kappa shape index (κ3) is 1.91. The molecule has 2 bridgehead atoms. The summed E-state index contributed by atoms with van der Waals surface area (Å²) in [4.78, 5) is 3.99. The van der Waals surface area contributed by atoms with Gasteiger partial charge in [0.25, 0.3) is 10.0 Å². The van der Waals surface area contributed by atoms with Crippen LogP contribution in [0.5, 0.6) is 0 Å². The zero-order valence-electron chi connectivity index (χ0n) is 11.8. The Labute approximate surface area is 120 Å². The van der Waals surface area contributed by atoms with Gasteiger partial charge in [-0.1, -0.05) is 0 Å². The van der Waals surface area contributed by atoms with Crippen LogP contribution in [0.2, 0.25) is 0 Å². The molecule has 2 saturated heterocycles. The zero-order valence-corrected chi connectivity index (χ0v) is 12.6. The van der Waals surface area contributed by atoms with E-state index in [0.29, 0.717) is 30.6 Å². The van der Waals surface area contributed by atoms with Crippen LogP contribution in [0.25, 0.3) is 0 Å². The van der Waals surface area contributed by atoms with Crippen molar-refractivity contribution in [2.75, 3.05) is 13.1 Å². The van der Waals surface area contributed by atoms with Gasteiger partial charge < -0.3 is 10.3 Å². The highest BCUT2D eigenvalue weighted by atomic mass is 32.2. The van der Waals surface area contributed by atoms with Crippen LogP contribution in [0.4, 0.5) is 0 Å². The number of aryl methyl sites for hydroxylation is 1. The molecule has 1 aliphatic carbocycles. The number of piperidine rings is 2. The van der Waals surface area contributed by atoms with E-state index < -0.39 is 10.0 Å². The molecule has 7 heteroatoms. The number of sulfonamides is 1. The van der Waals surface area contributed by atoms with Crippen molar-refractivity contribution in [2.24, 2.45) is 11.7 Å². The molecule has 0 atom stereocenters. The fourth-order valence-electron chi connectivity index (χ4n) is 3.61. The van der Waals surface area contributed by atoms with Gasteiger partial charge in [-0.25, -0.2) is 13.4 Å². The zero-order chi connectivity index (χ0) is 14.4. The van der Waals surface area contributed by atoms with Crippen molar-refractivity contribution in [3.8, 4) is 0 Å². The SMILES string of the molecule is CCn1cncc1S(=O)(=O)N1CC2CCC1(CN)CC2. The summed E-state index contributed by atoms with van der Waals surface area (Å²) in [5.74, 6) is 0.483. The average Bonchev–Trinajstić information content (AvgIpc) is 2.97. The molecule has 4 rings (SSSR count). The van der Waals surface area contributed by atoms with Gasteiger partial charge in [0.2, 0.25) is 0 Å². The predicted molar refractivity (Wildman–Crippen MR) is 75.5 cm³/mol. The first-order chi connectivity index (χ1) is 9.53. The van der Waals surface area contributed by atoms with Crippen molar-refractivity contribution in [1.82, 2.24) is 13.9 Å². The first-order valence-electron chi connectivity index (χ1n) is 7.26. The highest BCUT2D eigenvalue weighted by Crippen LogP contribution is 2.45. The van der Waals surface area contributed by atoms with Crippen LogP contribution >= 0.6 is 0 Å². The average molecular weight is 298 g/mol. The molecule has 0 unspecified atom stereocenters. The Bertz CT molecular complexity index is 587. The molecule has 1 aromatic heterocycles. The number of rotatable bonds is 4. The first kappa shape index (κ1) is 14.0. The fraction of sp³-hybridized carbons (Fsp3) is 0.769.